The fourth-order valence-corrected chi connectivity index (χ4v) is 1.43. The maximum Gasteiger partial charge on any atom is 0.303 e. The van der Waals surface area contributed by atoms with Crippen molar-refractivity contribution in [3.05, 3.63) is 0 Å². The SMILES string of the molecule is COC(C)CCC(=O)NC(C)CCCC(=O)O. The van der Waals surface area contributed by atoms with E-state index in [1.165, 1.54) is 0 Å². The number of rotatable bonds is 9. The second kappa shape index (κ2) is 8.98. The Bertz CT molecular complexity index is 243. The van der Waals surface area contributed by atoms with Crippen molar-refractivity contribution in [2.24, 2.45) is 0 Å². The minimum Gasteiger partial charge on any atom is -0.481 e. The quantitative estimate of drug-likeness (QED) is 0.646. The van der Waals surface area contributed by atoms with Crippen LogP contribution in [-0.4, -0.2) is 36.2 Å². The number of amides is 1. The van der Waals surface area contributed by atoms with Gasteiger partial charge in [-0.2, -0.15) is 0 Å². The van der Waals surface area contributed by atoms with Crippen LogP contribution in [0.5, 0.6) is 0 Å². The predicted molar refractivity (Wildman–Crippen MR) is 64.8 cm³/mol. The average Bonchev–Trinajstić information content (AvgIpc) is 2.25. The van der Waals surface area contributed by atoms with Gasteiger partial charge in [-0.3, -0.25) is 9.59 Å². The summed E-state index contributed by atoms with van der Waals surface area (Å²) in [6, 6.07) is 0.0275. The van der Waals surface area contributed by atoms with Gasteiger partial charge in [0.2, 0.25) is 5.91 Å². The molecule has 0 radical (unpaired) electrons. The summed E-state index contributed by atoms with van der Waals surface area (Å²) in [6.07, 6.45) is 2.66. The second-order valence-corrected chi connectivity index (χ2v) is 4.34. The Morgan fingerprint density at radius 3 is 2.41 bits per heavy atom. The van der Waals surface area contributed by atoms with Gasteiger partial charge < -0.3 is 15.2 Å². The van der Waals surface area contributed by atoms with Crippen molar-refractivity contribution in [1.29, 1.82) is 0 Å². The van der Waals surface area contributed by atoms with Crippen molar-refractivity contribution in [1.82, 2.24) is 5.32 Å². The first-order chi connectivity index (χ1) is 7.95. The first-order valence-electron chi connectivity index (χ1n) is 5.99. The highest BCUT2D eigenvalue weighted by atomic mass is 16.5. The lowest BCUT2D eigenvalue weighted by molar-refractivity contribution is -0.137. The number of hydrogen-bond acceptors (Lipinski definition) is 3. The van der Waals surface area contributed by atoms with Crippen molar-refractivity contribution < 1.29 is 19.4 Å². The number of carbonyl (C=O) groups excluding carboxylic acids is 1. The normalized spacial score (nSPS) is 14.1. The Balaban J connectivity index is 3.62. The van der Waals surface area contributed by atoms with E-state index in [-0.39, 0.29) is 24.5 Å². The third kappa shape index (κ3) is 9.81. The van der Waals surface area contributed by atoms with E-state index in [0.29, 0.717) is 25.7 Å². The molecule has 2 atom stereocenters. The van der Waals surface area contributed by atoms with Crippen LogP contribution in [0, 0.1) is 0 Å². The smallest absolute Gasteiger partial charge is 0.303 e. The van der Waals surface area contributed by atoms with Crippen LogP contribution in [0.4, 0.5) is 0 Å². The molecule has 0 aliphatic carbocycles. The van der Waals surface area contributed by atoms with Crippen LogP contribution in [-0.2, 0) is 14.3 Å². The Hall–Kier alpha value is -1.10. The molecule has 0 aromatic rings. The van der Waals surface area contributed by atoms with Crippen LogP contribution in [0.15, 0.2) is 0 Å². The van der Waals surface area contributed by atoms with E-state index in [1.807, 2.05) is 13.8 Å². The highest BCUT2D eigenvalue weighted by molar-refractivity contribution is 5.76. The molecular formula is C12H23NO4. The van der Waals surface area contributed by atoms with Crippen molar-refractivity contribution in [2.45, 2.75) is 58.1 Å². The van der Waals surface area contributed by atoms with Crippen LogP contribution in [0.3, 0.4) is 0 Å². The van der Waals surface area contributed by atoms with Gasteiger partial charge in [-0.1, -0.05) is 0 Å². The van der Waals surface area contributed by atoms with Gasteiger partial charge >= 0.3 is 5.97 Å². The molecule has 5 nitrogen and oxygen atoms in total. The number of methoxy groups -OCH3 is 1. The van der Waals surface area contributed by atoms with Crippen LogP contribution >= 0.6 is 0 Å². The first kappa shape index (κ1) is 15.9. The monoisotopic (exact) mass is 245 g/mol. The van der Waals surface area contributed by atoms with E-state index in [9.17, 15) is 9.59 Å². The lowest BCUT2D eigenvalue weighted by Gasteiger charge is -2.14. The van der Waals surface area contributed by atoms with Crippen LogP contribution in [0.25, 0.3) is 0 Å². The second-order valence-electron chi connectivity index (χ2n) is 4.34. The standard InChI is InChI=1S/C12H23NO4/c1-9(5-4-6-12(15)16)13-11(14)8-7-10(2)17-3/h9-10H,4-8H2,1-3H3,(H,13,14)(H,15,16). The van der Waals surface area contributed by atoms with Gasteiger partial charge in [-0.05, 0) is 33.1 Å². The number of aliphatic carboxylic acids is 1. The summed E-state index contributed by atoms with van der Waals surface area (Å²) < 4.78 is 5.05. The molecule has 0 saturated heterocycles. The molecule has 17 heavy (non-hydrogen) atoms. The Morgan fingerprint density at radius 1 is 1.24 bits per heavy atom. The molecule has 0 aromatic heterocycles. The Labute approximate surface area is 103 Å². The van der Waals surface area contributed by atoms with Gasteiger partial charge in [0.05, 0.1) is 6.10 Å². The van der Waals surface area contributed by atoms with Crippen molar-refractivity contribution in [3.8, 4) is 0 Å². The van der Waals surface area contributed by atoms with E-state index in [0.717, 1.165) is 0 Å². The predicted octanol–water partition coefficient (Wildman–Crippen LogP) is 1.56. The Morgan fingerprint density at radius 2 is 1.88 bits per heavy atom. The zero-order valence-corrected chi connectivity index (χ0v) is 10.9. The molecule has 0 aromatic carbocycles. The van der Waals surface area contributed by atoms with Gasteiger partial charge in [-0.25, -0.2) is 0 Å². The summed E-state index contributed by atoms with van der Waals surface area (Å²) in [6.45, 7) is 3.81. The highest BCUT2D eigenvalue weighted by Crippen LogP contribution is 2.03. The lowest BCUT2D eigenvalue weighted by Crippen LogP contribution is -2.32. The summed E-state index contributed by atoms with van der Waals surface area (Å²) in [5.41, 5.74) is 0. The molecule has 0 fully saturated rings. The number of ether oxygens (including phenoxy) is 1. The third-order valence-electron chi connectivity index (χ3n) is 2.62. The van der Waals surface area contributed by atoms with Gasteiger partial charge in [0.1, 0.15) is 0 Å². The summed E-state index contributed by atoms with van der Waals surface area (Å²) >= 11 is 0. The van der Waals surface area contributed by atoms with E-state index in [4.69, 9.17) is 9.84 Å². The van der Waals surface area contributed by atoms with Crippen LogP contribution in [0.2, 0.25) is 0 Å². The molecule has 1 amide bonds. The Kier molecular flexibility index (Phi) is 8.40. The summed E-state index contributed by atoms with van der Waals surface area (Å²) in [7, 11) is 1.62. The molecule has 2 N–H and O–H groups in total. The maximum absolute atomic E-state index is 11.5. The molecule has 0 rings (SSSR count). The van der Waals surface area contributed by atoms with E-state index in [1.54, 1.807) is 7.11 Å². The molecule has 2 unspecified atom stereocenters. The fourth-order valence-electron chi connectivity index (χ4n) is 1.43. The number of carboxylic acids is 1. The molecule has 0 aliphatic heterocycles. The average molecular weight is 245 g/mol. The number of hydrogen-bond donors (Lipinski definition) is 2. The molecular weight excluding hydrogens is 222 g/mol. The minimum absolute atomic E-state index is 0.00303. The number of carboxylic acid groups (broad SMARTS) is 1. The molecule has 0 bridgehead atoms. The molecule has 0 spiro atoms. The zero-order chi connectivity index (χ0) is 13.3. The highest BCUT2D eigenvalue weighted by Gasteiger charge is 2.09. The molecule has 0 saturated carbocycles. The largest absolute Gasteiger partial charge is 0.481 e. The minimum atomic E-state index is -0.794. The van der Waals surface area contributed by atoms with Crippen molar-refractivity contribution >= 4 is 11.9 Å². The summed E-state index contributed by atoms with van der Waals surface area (Å²) in [5, 5.41) is 11.3. The summed E-state index contributed by atoms with van der Waals surface area (Å²) in [5.74, 6) is -0.797. The lowest BCUT2D eigenvalue weighted by atomic mass is 10.1. The fraction of sp³-hybridized carbons (Fsp3) is 0.833. The van der Waals surface area contributed by atoms with Crippen LogP contribution in [0.1, 0.15) is 46.0 Å². The summed E-state index contributed by atoms with van der Waals surface area (Å²) in [4.78, 5) is 21.8. The topological polar surface area (TPSA) is 75.6 Å². The zero-order valence-electron chi connectivity index (χ0n) is 10.9. The van der Waals surface area contributed by atoms with Gasteiger partial charge in [0, 0.05) is 26.0 Å². The molecule has 0 heterocycles. The van der Waals surface area contributed by atoms with Crippen molar-refractivity contribution in [3.63, 3.8) is 0 Å². The molecule has 0 aliphatic rings. The molecule has 100 valence electrons. The third-order valence-corrected chi connectivity index (χ3v) is 2.62. The molecule has 5 heteroatoms. The first-order valence-corrected chi connectivity index (χ1v) is 5.99. The maximum atomic E-state index is 11.5. The van der Waals surface area contributed by atoms with E-state index in [2.05, 4.69) is 5.32 Å². The van der Waals surface area contributed by atoms with E-state index < -0.39 is 5.97 Å². The number of carbonyl (C=O) groups is 2. The van der Waals surface area contributed by atoms with Gasteiger partial charge in [-0.15, -0.1) is 0 Å². The van der Waals surface area contributed by atoms with Gasteiger partial charge in [0.15, 0.2) is 0 Å². The van der Waals surface area contributed by atoms with Crippen molar-refractivity contribution in [2.75, 3.05) is 7.11 Å². The van der Waals surface area contributed by atoms with Crippen LogP contribution < -0.4 is 5.32 Å². The number of nitrogens with one attached hydrogen (secondary N) is 1. The van der Waals surface area contributed by atoms with E-state index >= 15 is 0 Å². The van der Waals surface area contributed by atoms with Gasteiger partial charge in [0.25, 0.3) is 0 Å².